The van der Waals surface area contributed by atoms with Gasteiger partial charge in [-0.25, -0.2) is 4.79 Å². The van der Waals surface area contributed by atoms with Gasteiger partial charge in [-0.15, -0.1) is 0 Å². The minimum atomic E-state index is -0.937. The first-order chi connectivity index (χ1) is 16.2. The number of guanidine groups is 1. The predicted octanol–water partition coefficient (Wildman–Crippen LogP) is 1.06. The van der Waals surface area contributed by atoms with Crippen LogP contribution in [-0.2, 0) is 20.9 Å². The van der Waals surface area contributed by atoms with E-state index >= 15 is 0 Å². The highest BCUT2D eigenvalue weighted by molar-refractivity contribution is 5.98. The number of anilines is 2. The number of nitrogens with zero attached hydrogens (tertiary/aromatic N) is 1. The molecule has 0 saturated carbocycles. The van der Waals surface area contributed by atoms with Crippen molar-refractivity contribution in [3.05, 3.63) is 60.2 Å². The van der Waals surface area contributed by atoms with Gasteiger partial charge in [0.05, 0.1) is 0 Å². The van der Waals surface area contributed by atoms with Crippen molar-refractivity contribution in [2.45, 2.75) is 38.5 Å². The fourth-order valence-corrected chi connectivity index (χ4v) is 2.87. The summed E-state index contributed by atoms with van der Waals surface area (Å²) >= 11 is 0. The van der Waals surface area contributed by atoms with Crippen molar-refractivity contribution in [2.75, 3.05) is 17.6 Å². The molecule has 0 fully saturated rings. The first-order valence-corrected chi connectivity index (χ1v) is 10.7. The molecule has 0 bridgehead atoms. The first-order valence-electron chi connectivity index (χ1n) is 10.7. The third kappa shape index (κ3) is 9.47. The molecule has 182 valence electrons. The number of alkyl carbamates (subject to hydrolysis) is 1. The Balaban J connectivity index is 1.93. The van der Waals surface area contributed by atoms with E-state index < -0.39 is 30.0 Å². The Kier molecular flexibility index (Phi) is 10.2. The second-order valence-electron chi connectivity index (χ2n) is 7.55. The molecule has 2 aromatic carbocycles. The fraction of sp³-hybridized carbons (Fsp3) is 0.304. The summed E-state index contributed by atoms with van der Waals surface area (Å²) in [5.41, 5.74) is 18.2. The Morgan fingerprint density at radius 2 is 1.65 bits per heavy atom. The molecule has 0 unspecified atom stereocenters. The van der Waals surface area contributed by atoms with E-state index in [4.69, 9.17) is 21.9 Å². The molecule has 11 heteroatoms. The van der Waals surface area contributed by atoms with Gasteiger partial charge in [-0.05, 0) is 49.6 Å². The molecule has 0 heterocycles. The van der Waals surface area contributed by atoms with Gasteiger partial charge >= 0.3 is 6.09 Å². The number of carbonyl (C=O) groups is 3. The lowest BCUT2D eigenvalue weighted by Crippen LogP contribution is -2.51. The smallest absolute Gasteiger partial charge is 0.408 e. The molecule has 0 radical (unpaired) electrons. The molecular formula is C23H31N7O4. The third-order valence-electron chi connectivity index (χ3n) is 4.70. The van der Waals surface area contributed by atoms with Gasteiger partial charge in [0.1, 0.15) is 18.7 Å². The molecule has 11 nitrogen and oxygen atoms in total. The summed E-state index contributed by atoms with van der Waals surface area (Å²) in [5, 5.41) is 7.85. The zero-order valence-electron chi connectivity index (χ0n) is 19.0. The Bertz CT molecular complexity index is 977. The minimum Gasteiger partial charge on any atom is -0.445 e. The summed E-state index contributed by atoms with van der Waals surface area (Å²) in [6.07, 6.45) is -0.0323. The van der Waals surface area contributed by atoms with Crippen LogP contribution < -0.4 is 33.2 Å². The predicted molar refractivity (Wildman–Crippen MR) is 131 cm³/mol. The number of benzene rings is 2. The van der Waals surface area contributed by atoms with Crippen LogP contribution in [0.25, 0.3) is 0 Å². The average molecular weight is 470 g/mol. The topological polar surface area (TPSA) is 187 Å². The summed E-state index contributed by atoms with van der Waals surface area (Å²) in [5.74, 6) is -1.03. The fourth-order valence-electron chi connectivity index (χ4n) is 2.87. The van der Waals surface area contributed by atoms with E-state index in [1.54, 1.807) is 24.3 Å². The highest BCUT2D eigenvalue weighted by Gasteiger charge is 2.24. The summed E-state index contributed by atoms with van der Waals surface area (Å²) in [4.78, 5) is 41.4. The van der Waals surface area contributed by atoms with Crippen LogP contribution in [0.1, 0.15) is 25.3 Å². The van der Waals surface area contributed by atoms with Gasteiger partial charge in [-0.1, -0.05) is 30.3 Å². The zero-order valence-corrected chi connectivity index (χ0v) is 19.0. The van der Waals surface area contributed by atoms with Crippen LogP contribution in [0, 0.1) is 0 Å². The molecule has 2 atom stereocenters. The Morgan fingerprint density at radius 1 is 0.971 bits per heavy atom. The first kappa shape index (κ1) is 26.0. The second-order valence-corrected chi connectivity index (χ2v) is 7.55. The molecule has 0 saturated heterocycles. The largest absolute Gasteiger partial charge is 0.445 e. The number of hydrogen-bond donors (Lipinski definition) is 6. The number of ether oxygens (including phenoxy) is 1. The molecule has 2 aromatic rings. The molecule has 2 rings (SSSR count). The van der Waals surface area contributed by atoms with Crippen molar-refractivity contribution < 1.29 is 19.1 Å². The van der Waals surface area contributed by atoms with Crippen LogP contribution in [0.3, 0.4) is 0 Å². The highest BCUT2D eigenvalue weighted by Crippen LogP contribution is 2.12. The number of aliphatic imine (C=N–C) groups is 1. The molecule has 0 aromatic heterocycles. The van der Waals surface area contributed by atoms with Gasteiger partial charge in [0.15, 0.2) is 5.96 Å². The maximum Gasteiger partial charge on any atom is 0.408 e. The highest BCUT2D eigenvalue weighted by atomic mass is 16.5. The molecule has 34 heavy (non-hydrogen) atoms. The van der Waals surface area contributed by atoms with Crippen LogP contribution in [0.15, 0.2) is 59.6 Å². The molecular weight excluding hydrogens is 438 g/mol. The normalized spacial score (nSPS) is 12.0. The number of hydrogen-bond acceptors (Lipinski definition) is 6. The molecule has 3 amide bonds. The molecule has 0 aliphatic heterocycles. The maximum atomic E-state index is 12.8. The molecule has 0 aliphatic carbocycles. The second kappa shape index (κ2) is 13.3. The van der Waals surface area contributed by atoms with Crippen LogP contribution in [0.4, 0.5) is 16.2 Å². The number of nitrogens with two attached hydrogens (primary N) is 3. The summed E-state index contributed by atoms with van der Waals surface area (Å²) < 4.78 is 5.13. The lowest BCUT2D eigenvalue weighted by atomic mass is 10.1. The SMILES string of the molecule is C[C@H](NC(=O)OCc1ccccc1)C(=O)N[C@@H](CCCN=C(N)N)C(=O)Nc1ccc(N)cc1. The lowest BCUT2D eigenvalue weighted by molar-refractivity contribution is -0.127. The van der Waals surface area contributed by atoms with Crippen molar-refractivity contribution in [1.82, 2.24) is 10.6 Å². The minimum absolute atomic E-state index is 0.0567. The Hall–Kier alpha value is -4.28. The lowest BCUT2D eigenvalue weighted by Gasteiger charge is -2.21. The summed E-state index contributed by atoms with van der Waals surface area (Å²) in [6.45, 7) is 1.86. The Morgan fingerprint density at radius 3 is 2.29 bits per heavy atom. The number of nitrogen functional groups attached to an aromatic ring is 1. The van der Waals surface area contributed by atoms with E-state index in [9.17, 15) is 14.4 Å². The third-order valence-corrected chi connectivity index (χ3v) is 4.70. The van der Waals surface area contributed by atoms with Gasteiger partial charge in [0.25, 0.3) is 0 Å². The van der Waals surface area contributed by atoms with E-state index in [1.807, 2.05) is 30.3 Å². The van der Waals surface area contributed by atoms with Gasteiger partial charge in [-0.3, -0.25) is 14.6 Å². The van der Waals surface area contributed by atoms with Crippen LogP contribution in [-0.4, -0.2) is 42.5 Å². The van der Waals surface area contributed by atoms with Crippen LogP contribution in [0.5, 0.6) is 0 Å². The van der Waals surface area contributed by atoms with E-state index in [0.29, 0.717) is 24.3 Å². The van der Waals surface area contributed by atoms with Crippen LogP contribution >= 0.6 is 0 Å². The van der Waals surface area contributed by atoms with E-state index in [0.717, 1.165) is 5.56 Å². The summed E-state index contributed by atoms with van der Waals surface area (Å²) in [7, 11) is 0. The van der Waals surface area contributed by atoms with Crippen molar-refractivity contribution in [3.63, 3.8) is 0 Å². The van der Waals surface area contributed by atoms with Gasteiger partial charge in [-0.2, -0.15) is 0 Å². The standard InChI is InChI=1S/C23H31N7O4/c1-15(28-23(33)34-14-16-6-3-2-4-7-16)20(31)30-19(8-5-13-27-22(25)26)21(32)29-18-11-9-17(24)10-12-18/h2-4,6-7,9-12,15,19H,5,8,13-14,24H2,1H3,(H,28,33)(H,29,32)(H,30,31)(H4,25,26,27)/t15-,19-/m0/s1. The monoisotopic (exact) mass is 469 g/mol. The summed E-state index contributed by atoms with van der Waals surface area (Å²) in [6, 6.07) is 13.9. The van der Waals surface area contributed by atoms with Gasteiger partial charge < -0.3 is 37.9 Å². The number of rotatable bonds is 11. The van der Waals surface area contributed by atoms with Crippen LogP contribution in [0.2, 0.25) is 0 Å². The van der Waals surface area contributed by atoms with Gasteiger partial charge in [0.2, 0.25) is 11.8 Å². The number of amides is 3. The molecule has 0 spiro atoms. The van der Waals surface area contributed by atoms with Gasteiger partial charge in [0, 0.05) is 17.9 Å². The molecule has 9 N–H and O–H groups in total. The molecule has 0 aliphatic rings. The van der Waals surface area contributed by atoms with E-state index in [2.05, 4.69) is 20.9 Å². The maximum absolute atomic E-state index is 12.8. The number of carbonyl (C=O) groups excluding carboxylic acids is 3. The quantitative estimate of drug-likeness (QED) is 0.123. The van der Waals surface area contributed by atoms with Crippen molar-refractivity contribution in [1.29, 1.82) is 0 Å². The van der Waals surface area contributed by atoms with Crippen molar-refractivity contribution in [2.24, 2.45) is 16.5 Å². The Labute approximate surface area is 198 Å². The van der Waals surface area contributed by atoms with E-state index in [1.165, 1.54) is 6.92 Å². The van der Waals surface area contributed by atoms with Crippen molar-refractivity contribution in [3.8, 4) is 0 Å². The van der Waals surface area contributed by atoms with E-state index in [-0.39, 0.29) is 19.0 Å². The van der Waals surface area contributed by atoms with Crippen molar-refractivity contribution >= 4 is 35.2 Å². The number of nitrogens with one attached hydrogen (secondary N) is 3. The average Bonchev–Trinajstić information content (AvgIpc) is 2.81. The zero-order chi connectivity index (χ0) is 24.9.